The molecule has 7 nitrogen and oxygen atoms in total. The third kappa shape index (κ3) is 6.30. The van der Waals surface area contributed by atoms with Crippen LogP contribution in [0.1, 0.15) is 75.1 Å². The number of fused-ring (bicyclic) bond motifs is 2. The summed E-state index contributed by atoms with van der Waals surface area (Å²) in [6.45, 7) is 6.73. The Kier molecular flexibility index (Phi) is 7.89. The second kappa shape index (κ2) is 10.8. The molecule has 0 spiro atoms. The summed E-state index contributed by atoms with van der Waals surface area (Å²) in [6, 6.07) is 7.25. The molecule has 0 saturated heterocycles. The van der Waals surface area contributed by atoms with Crippen LogP contribution in [0.15, 0.2) is 36.5 Å². The van der Waals surface area contributed by atoms with Gasteiger partial charge in [0.2, 0.25) is 0 Å². The van der Waals surface area contributed by atoms with Gasteiger partial charge in [0, 0.05) is 6.20 Å². The number of alkyl halides is 3. The highest BCUT2D eigenvalue weighted by Crippen LogP contribution is 2.35. The van der Waals surface area contributed by atoms with E-state index in [0.29, 0.717) is 18.9 Å². The minimum absolute atomic E-state index is 0.000333. The number of nitrogens with zero attached hydrogens (tertiary/aromatic N) is 4. The van der Waals surface area contributed by atoms with Crippen LogP contribution in [0.3, 0.4) is 0 Å². The molecule has 0 radical (unpaired) electrons. The first-order valence-corrected chi connectivity index (χ1v) is 12.7. The maximum absolute atomic E-state index is 13.4. The second-order valence-electron chi connectivity index (χ2n) is 10.5. The van der Waals surface area contributed by atoms with Gasteiger partial charge in [-0.3, -0.25) is 9.88 Å². The summed E-state index contributed by atoms with van der Waals surface area (Å²) in [7, 11) is 0. The van der Waals surface area contributed by atoms with Gasteiger partial charge < -0.3 is 10.5 Å². The Labute approximate surface area is 214 Å². The van der Waals surface area contributed by atoms with E-state index in [4.69, 9.17) is 10.5 Å². The molecule has 0 amide bonds. The number of carbonyl (C=O) groups is 1. The Morgan fingerprint density at radius 3 is 2.70 bits per heavy atom. The number of hydrogen-bond acceptors (Lipinski definition) is 6. The zero-order valence-electron chi connectivity index (χ0n) is 21.5. The van der Waals surface area contributed by atoms with Crippen molar-refractivity contribution in [1.82, 2.24) is 19.4 Å². The lowest BCUT2D eigenvalue weighted by molar-refractivity contribution is -0.137. The molecule has 1 aromatic carbocycles. The van der Waals surface area contributed by atoms with Crippen molar-refractivity contribution in [3.05, 3.63) is 59.2 Å². The summed E-state index contributed by atoms with van der Waals surface area (Å²) >= 11 is 0. The molecule has 4 rings (SSSR count). The monoisotopic (exact) mass is 517 g/mol. The van der Waals surface area contributed by atoms with Gasteiger partial charge >= 0.3 is 12.3 Å². The molecule has 0 saturated carbocycles. The molecule has 2 aromatic heterocycles. The van der Waals surface area contributed by atoms with E-state index in [2.05, 4.69) is 20.9 Å². The zero-order chi connectivity index (χ0) is 26.8. The number of hydrogen-bond donors (Lipinski definition) is 1. The van der Waals surface area contributed by atoms with Crippen molar-refractivity contribution in [3.8, 4) is 0 Å². The topological polar surface area (TPSA) is 86.3 Å². The number of pyridine rings is 1. The molecule has 1 unspecified atom stereocenters. The van der Waals surface area contributed by atoms with E-state index < -0.39 is 23.4 Å². The SMILES string of the molecule is CC(C)(C)OC(=O)n1c(CN(CCCCN)C2CCCc3cccnc32)nc2cc(C(F)(F)F)ccc21. The largest absolute Gasteiger partial charge is 0.443 e. The van der Waals surface area contributed by atoms with Crippen molar-refractivity contribution in [3.63, 3.8) is 0 Å². The Morgan fingerprint density at radius 2 is 2.00 bits per heavy atom. The van der Waals surface area contributed by atoms with Crippen LogP contribution in [0, 0.1) is 0 Å². The number of benzene rings is 1. The molecule has 0 bridgehead atoms. The van der Waals surface area contributed by atoms with Gasteiger partial charge in [-0.1, -0.05) is 6.07 Å². The van der Waals surface area contributed by atoms with Crippen LogP contribution in [0.25, 0.3) is 11.0 Å². The maximum Gasteiger partial charge on any atom is 0.420 e. The number of unbranched alkanes of at least 4 members (excludes halogenated alkanes) is 1. The standard InChI is InChI=1S/C27H34F3N5O2/c1-26(2,3)37-25(36)35-21-12-11-19(27(28,29)30)16-20(21)33-23(35)17-34(15-5-4-13-31)22-10-6-8-18-9-7-14-32-24(18)22/h7,9,11-12,14,16,22H,4-6,8,10,13,15,17,31H2,1-3H3. The van der Waals surface area contributed by atoms with Gasteiger partial charge in [-0.15, -0.1) is 0 Å². The number of aryl methyl sites for hydroxylation is 1. The highest BCUT2D eigenvalue weighted by molar-refractivity contribution is 5.88. The van der Waals surface area contributed by atoms with Crippen LogP contribution in [-0.2, 0) is 23.9 Å². The van der Waals surface area contributed by atoms with Gasteiger partial charge in [-0.25, -0.2) is 14.3 Å². The predicted octanol–water partition coefficient (Wildman–Crippen LogP) is 5.85. The zero-order valence-corrected chi connectivity index (χ0v) is 21.5. The van der Waals surface area contributed by atoms with Crippen molar-refractivity contribution in [2.24, 2.45) is 5.73 Å². The molecule has 1 aliphatic rings. The van der Waals surface area contributed by atoms with Gasteiger partial charge in [0.05, 0.1) is 34.9 Å². The molecule has 37 heavy (non-hydrogen) atoms. The van der Waals surface area contributed by atoms with Crippen molar-refractivity contribution in [2.75, 3.05) is 13.1 Å². The maximum atomic E-state index is 13.4. The van der Waals surface area contributed by atoms with Crippen LogP contribution >= 0.6 is 0 Å². The molecular weight excluding hydrogens is 483 g/mol. The first-order chi connectivity index (χ1) is 17.5. The van der Waals surface area contributed by atoms with Crippen LogP contribution in [0.4, 0.5) is 18.0 Å². The Morgan fingerprint density at radius 1 is 1.22 bits per heavy atom. The van der Waals surface area contributed by atoms with Crippen LogP contribution in [-0.4, -0.2) is 44.2 Å². The fraction of sp³-hybridized carbons (Fsp3) is 0.519. The molecule has 0 aliphatic heterocycles. The van der Waals surface area contributed by atoms with E-state index in [-0.39, 0.29) is 23.6 Å². The van der Waals surface area contributed by atoms with Gasteiger partial charge in [0.25, 0.3) is 0 Å². The molecule has 200 valence electrons. The Balaban J connectivity index is 1.78. The number of aromatic nitrogens is 3. The van der Waals surface area contributed by atoms with Gasteiger partial charge in [0.1, 0.15) is 11.4 Å². The second-order valence-corrected chi connectivity index (χ2v) is 10.5. The van der Waals surface area contributed by atoms with E-state index in [1.807, 2.05) is 6.07 Å². The fourth-order valence-corrected chi connectivity index (χ4v) is 4.85. The van der Waals surface area contributed by atoms with Crippen molar-refractivity contribution in [1.29, 1.82) is 0 Å². The highest BCUT2D eigenvalue weighted by atomic mass is 19.4. The normalized spacial score (nSPS) is 16.3. The first-order valence-electron chi connectivity index (χ1n) is 12.7. The average molecular weight is 518 g/mol. The Bertz CT molecular complexity index is 1250. The summed E-state index contributed by atoms with van der Waals surface area (Å²) < 4.78 is 47.2. The quantitative estimate of drug-likeness (QED) is 0.396. The van der Waals surface area contributed by atoms with Crippen LogP contribution in [0.2, 0.25) is 0 Å². The number of nitrogens with two attached hydrogens (primary N) is 1. The molecular formula is C27H34F3N5O2. The van der Waals surface area contributed by atoms with Crippen molar-refractivity contribution >= 4 is 17.1 Å². The highest BCUT2D eigenvalue weighted by Gasteiger charge is 2.33. The molecule has 10 heteroatoms. The van der Waals surface area contributed by atoms with Crippen molar-refractivity contribution in [2.45, 2.75) is 77.2 Å². The number of rotatable bonds is 7. The summed E-state index contributed by atoms with van der Waals surface area (Å²) in [6.07, 6.45) is 1.09. The molecule has 2 N–H and O–H groups in total. The molecule has 0 fully saturated rings. The third-order valence-electron chi connectivity index (χ3n) is 6.48. The number of halogens is 3. The Hall–Kier alpha value is -2.98. The van der Waals surface area contributed by atoms with Gasteiger partial charge in [-0.2, -0.15) is 13.2 Å². The molecule has 1 aliphatic carbocycles. The molecule has 2 heterocycles. The van der Waals surface area contributed by atoms with Gasteiger partial charge in [0.15, 0.2) is 0 Å². The van der Waals surface area contributed by atoms with E-state index in [1.165, 1.54) is 16.2 Å². The first kappa shape index (κ1) is 27.1. The fourth-order valence-electron chi connectivity index (χ4n) is 4.85. The number of imidazole rings is 1. The predicted molar refractivity (Wildman–Crippen MR) is 135 cm³/mol. The number of carbonyl (C=O) groups excluding carboxylic acids is 1. The number of ether oxygens (including phenoxy) is 1. The van der Waals surface area contributed by atoms with E-state index in [0.717, 1.165) is 49.9 Å². The lowest BCUT2D eigenvalue weighted by Crippen LogP contribution is -2.35. The molecule has 3 aromatic rings. The summed E-state index contributed by atoms with van der Waals surface area (Å²) in [5.74, 6) is 0.333. The smallest absolute Gasteiger partial charge is 0.420 e. The van der Waals surface area contributed by atoms with Crippen LogP contribution in [0.5, 0.6) is 0 Å². The van der Waals surface area contributed by atoms with Gasteiger partial charge in [-0.05, 0) is 95.8 Å². The lowest BCUT2D eigenvalue weighted by atomic mass is 9.90. The minimum Gasteiger partial charge on any atom is -0.443 e. The van der Waals surface area contributed by atoms with E-state index >= 15 is 0 Å². The summed E-state index contributed by atoms with van der Waals surface area (Å²) in [5, 5.41) is 0. The lowest BCUT2D eigenvalue weighted by Gasteiger charge is -2.35. The third-order valence-corrected chi connectivity index (χ3v) is 6.48. The van der Waals surface area contributed by atoms with E-state index in [9.17, 15) is 18.0 Å². The van der Waals surface area contributed by atoms with Crippen molar-refractivity contribution < 1.29 is 22.7 Å². The minimum atomic E-state index is -4.52. The summed E-state index contributed by atoms with van der Waals surface area (Å²) in [4.78, 5) is 24.7. The molecule has 1 atom stereocenters. The van der Waals surface area contributed by atoms with E-state index in [1.54, 1.807) is 27.0 Å². The average Bonchev–Trinajstić information content (AvgIpc) is 3.19. The van der Waals surface area contributed by atoms with Crippen LogP contribution < -0.4 is 5.73 Å². The summed E-state index contributed by atoms with van der Waals surface area (Å²) in [5.41, 5.74) is 6.71.